The van der Waals surface area contributed by atoms with Gasteiger partial charge < -0.3 is 18.9 Å². The molecule has 2 saturated carbocycles. The van der Waals surface area contributed by atoms with Crippen LogP contribution in [0.15, 0.2) is 43.3 Å². The van der Waals surface area contributed by atoms with Gasteiger partial charge in [0.2, 0.25) is 0 Å². The van der Waals surface area contributed by atoms with Crippen molar-refractivity contribution in [3.8, 4) is 22.3 Å². The van der Waals surface area contributed by atoms with Crippen molar-refractivity contribution in [2.24, 2.45) is 21.8 Å². The third-order valence-electron chi connectivity index (χ3n) is 10.7. The van der Waals surface area contributed by atoms with Gasteiger partial charge >= 0.3 is 0 Å². The second kappa shape index (κ2) is 12.0. The van der Waals surface area contributed by atoms with E-state index in [1.807, 2.05) is 33.8 Å². The molecule has 5 aliphatic rings. The Labute approximate surface area is 286 Å². The Morgan fingerprint density at radius 3 is 1.78 bits per heavy atom. The van der Waals surface area contributed by atoms with E-state index in [0.717, 1.165) is 99.6 Å². The number of carbonyl (C=O) groups is 1. The summed E-state index contributed by atoms with van der Waals surface area (Å²) >= 11 is 0. The summed E-state index contributed by atoms with van der Waals surface area (Å²) in [5.41, 5.74) is 13.8. The molecule has 5 heterocycles. The molecule has 9 nitrogen and oxygen atoms in total. The summed E-state index contributed by atoms with van der Waals surface area (Å²) in [5.74, 6) is 2.85. The summed E-state index contributed by atoms with van der Waals surface area (Å²) < 4.78 is 16.8. The minimum Gasteiger partial charge on any atom is -0.386 e. The van der Waals surface area contributed by atoms with E-state index in [9.17, 15) is 9.90 Å². The number of benzene rings is 2. The predicted octanol–water partition coefficient (Wildman–Crippen LogP) is 8.80. The molecule has 0 amide bonds. The first-order chi connectivity index (χ1) is 23.5. The quantitative estimate of drug-likeness (QED) is 0.197. The summed E-state index contributed by atoms with van der Waals surface area (Å²) in [6.45, 7) is 11.9. The van der Waals surface area contributed by atoms with Crippen LogP contribution in [0.4, 0.5) is 11.4 Å². The molecule has 2 aromatic carbocycles. The Balaban J connectivity index is 0.000000148. The maximum absolute atomic E-state index is 11.4. The van der Waals surface area contributed by atoms with Crippen LogP contribution in [0.3, 0.4) is 0 Å². The van der Waals surface area contributed by atoms with Crippen LogP contribution in [-0.4, -0.2) is 44.8 Å². The van der Waals surface area contributed by atoms with E-state index in [1.165, 1.54) is 42.7 Å². The Morgan fingerprint density at radius 2 is 1.31 bits per heavy atom. The number of aromatic nitrogens is 2. The van der Waals surface area contributed by atoms with Crippen molar-refractivity contribution >= 4 is 29.1 Å². The molecule has 9 heteroatoms. The molecule has 254 valence electrons. The third kappa shape index (κ3) is 6.01. The van der Waals surface area contributed by atoms with Crippen molar-refractivity contribution in [2.75, 3.05) is 0 Å². The van der Waals surface area contributed by atoms with Gasteiger partial charge in [0.25, 0.3) is 0 Å². The summed E-state index contributed by atoms with van der Waals surface area (Å²) in [6.07, 6.45) is 8.54. The van der Waals surface area contributed by atoms with E-state index < -0.39 is 6.10 Å². The Kier molecular flexibility index (Phi) is 7.83. The molecule has 4 aromatic rings. The lowest BCUT2D eigenvalue weighted by molar-refractivity contribution is -0.0718. The SMILES string of the molecule is Cc1noc(C)c1-c1cc(C=O)c2c(c1)CC(C1CC1)=N2.Cc1noc(C)c1-c1cc2c(c(C(O)C3CCC(C)(C)O3)c1)N=C(C1CC1)C2. The first-order valence-electron chi connectivity index (χ1n) is 17.7. The number of aldehydes is 1. The largest absolute Gasteiger partial charge is 0.386 e. The molecule has 3 aliphatic heterocycles. The zero-order chi connectivity index (χ0) is 34.2. The van der Waals surface area contributed by atoms with Gasteiger partial charge in [-0.3, -0.25) is 14.8 Å². The molecular formula is C40H44N4O5. The van der Waals surface area contributed by atoms with Crippen molar-refractivity contribution in [1.29, 1.82) is 0 Å². The number of aryl methyl sites for hydroxylation is 4. The number of fused-ring (bicyclic) bond motifs is 2. The van der Waals surface area contributed by atoms with Gasteiger partial charge in [-0.15, -0.1) is 0 Å². The molecule has 0 radical (unpaired) electrons. The summed E-state index contributed by atoms with van der Waals surface area (Å²) in [4.78, 5) is 21.1. The number of ether oxygens (including phenoxy) is 1. The first-order valence-corrected chi connectivity index (χ1v) is 17.7. The average molecular weight is 661 g/mol. The number of hydrogen-bond donors (Lipinski definition) is 1. The Hall–Kier alpha value is -4.21. The molecule has 3 fully saturated rings. The highest BCUT2D eigenvalue weighted by Gasteiger charge is 2.39. The van der Waals surface area contributed by atoms with Gasteiger partial charge in [-0.2, -0.15) is 0 Å². The summed E-state index contributed by atoms with van der Waals surface area (Å²) in [5, 5.41) is 19.4. The molecule has 1 saturated heterocycles. The van der Waals surface area contributed by atoms with Gasteiger partial charge in [-0.25, -0.2) is 0 Å². The van der Waals surface area contributed by atoms with Crippen molar-refractivity contribution in [2.45, 2.75) is 111 Å². The van der Waals surface area contributed by atoms with E-state index in [4.69, 9.17) is 23.8 Å². The number of nitrogens with zero attached hydrogens (tertiary/aromatic N) is 4. The van der Waals surface area contributed by atoms with Crippen LogP contribution in [0.25, 0.3) is 22.3 Å². The zero-order valence-electron chi connectivity index (χ0n) is 29.2. The maximum atomic E-state index is 11.4. The van der Waals surface area contributed by atoms with Gasteiger partial charge in [0.05, 0.1) is 34.5 Å². The van der Waals surface area contributed by atoms with Crippen LogP contribution in [0.5, 0.6) is 0 Å². The summed E-state index contributed by atoms with van der Waals surface area (Å²) in [6, 6.07) is 8.31. The average Bonchev–Trinajstić information content (AvgIpc) is 3.91. The van der Waals surface area contributed by atoms with E-state index in [2.05, 4.69) is 42.4 Å². The normalized spacial score (nSPS) is 21.1. The fourth-order valence-corrected chi connectivity index (χ4v) is 7.88. The van der Waals surface area contributed by atoms with Crippen molar-refractivity contribution in [3.05, 3.63) is 69.4 Å². The molecule has 2 unspecified atom stereocenters. The highest BCUT2D eigenvalue weighted by Crippen LogP contribution is 2.47. The standard InChI is InChI=1S/C23H28N2O3.C17H16N2O2/c1-12-20(13(2)28-25-12)15-9-16-11-18(14-5-6-14)24-21(16)17(10-15)22(26)19-7-8-23(3,4)27-19;1-9-16(10(2)21-19-9)12-5-13-7-15(11-3-4-11)18-17(13)14(6-12)8-20/h9-10,14,19,22,26H,5-8,11H2,1-4H3;5-6,8,11H,3-4,7H2,1-2H3. The van der Waals surface area contributed by atoms with Crippen LogP contribution < -0.4 is 0 Å². The van der Waals surface area contributed by atoms with Crippen LogP contribution in [0.1, 0.15) is 108 Å². The van der Waals surface area contributed by atoms with Crippen LogP contribution >= 0.6 is 0 Å². The monoisotopic (exact) mass is 660 g/mol. The van der Waals surface area contributed by atoms with Crippen LogP contribution in [0, 0.1) is 39.5 Å². The van der Waals surface area contributed by atoms with Crippen molar-refractivity contribution < 1.29 is 23.7 Å². The van der Waals surface area contributed by atoms with Gasteiger partial charge in [0, 0.05) is 46.5 Å². The molecule has 0 spiro atoms. The van der Waals surface area contributed by atoms with E-state index in [-0.39, 0.29) is 11.7 Å². The minimum atomic E-state index is -0.682. The molecule has 2 aromatic heterocycles. The summed E-state index contributed by atoms with van der Waals surface area (Å²) in [7, 11) is 0. The first kappa shape index (κ1) is 32.0. The van der Waals surface area contributed by atoms with E-state index in [1.54, 1.807) is 0 Å². The van der Waals surface area contributed by atoms with Gasteiger partial charge in [0.15, 0.2) is 6.29 Å². The molecule has 2 aliphatic carbocycles. The number of aliphatic hydroxyl groups excluding tert-OH is 1. The van der Waals surface area contributed by atoms with Crippen molar-refractivity contribution in [1.82, 2.24) is 10.3 Å². The highest BCUT2D eigenvalue weighted by molar-refractivity contribution is 6.02. The lowest BCUT2D eigenvalue weighted by Crippen LogP contribution is -2.24. The van der Waals surface area contributed by atoms with Crippen molar-refractivity contribution in [3.63, 3.8) is 0 Å². The molecule has 9 rings (SSSR count). The predicted molar refractivity (Wildman–Crippen MR) is 188 cm³/mol. The fourth-order valence-electron chi connectivity index (χ4n) is 7.88. The molecule has 0 bridgehead atoms. The molecule has 49 heavy (non-hydrogen) atoms. The van der Waals surface area contributed by atoms with Crippen LogP contribution in [0.2, 0.25) is 0 Å². The van der Waals surface area contributed by atoms with E-state index in [0.29, 0.717) is 17.4 Å². The molecular weight excluding hydrogens is 616 g/mol. The van der Waals surface area contributed by atoms with Gasteiger partial charge in [-0.05, 0) is 138 Å². The fraction of sp³-hybridized carbons (Fsp3) is 0.475. The second-order valence-corrected chi connectivity index (χ2v) is 15.2. The number of rotatable bonds is 7. The van der Waals surface area contributed by atoms with Gasteiger partial charge in [-0.1, -0.05) is 10.3 Å². The number of aliphatic hydroxyl groups is 1. The third-order valence-corrected chi connectivity index (χ3v) is 10.7. The number of carbonyl (C=O) groups excluding carboxylic acids is 1. The number of aliphatic imine (C=N–C) groups is 2. The number of hydrogen-bond acceptors (Lipinski definition) is 9. The topological polar surface area (TPSA) is 123 Å². The maximum Gasteiger partial charge on any atom is 0.152 e. The lowest BCUT2D eigenvalue weighted by atomic mass is 9.91. The zero-order valence-corrected chi connectivity index (χ0v) is 29.2. The highest BCUT2D eigenvalue weighted by atomic mass is 16.5. The van der Waals surface area contributed by atoms with Crippen LogP contribution in [-0.2, 0) is 17.6 Å². The second-order valence-electron chi connectivity index (χ2n) is 15.2. The Bertz CT molecular complexity index is 2000. The Morgan fingerprint density at radius 1 is 0.776 bits per heavy atom. The molecule has 1 N–H and O–H groups in total. The minimum absolute atomic E-state index is 0.184. The lowest BCUT2D eigenvalue weighted by Gasteiger charge is -2.24. The smallest absolute Gasteiger partial charge is 0.152 e. The van der Waals surface area contributed by atoms with Gasteiger partial charge in [0.1, 0.15) is 17.6 Å². The van der Waals surface area contributed by atoms with E-state index >= 15 is 0 Å². The molecule has 2 atom stereocenters.